The summed E-state index contributed by atoms with van der Waals surface area (Å²) in [6, 6.07) is 0. The van der Waals surface area contributed by atoms with Gasteiger partial charge < -0.3 is 10.1 Å². The first-order chi connectivity index (χ1) is 5.21. The summed E-state index contributed by atoms with van der Waals surface area (Å²) in [6.45, 7) is 1.19. The van der Waals surface area contributed by atoms with Crippen molar-refractivity contribution in [1.82, 2.24) is 5.32 Å². The van der Waals surface area contributed by atoms with E-state index in [9.17, 15) is 8.78 Å². The van der Waals surface area contributed by atoms with Crippen molar-refractivity contribution in [3.05, 3.63) is 0 Å². The maximum atomic E-state index is 13.2. The zero-order valence-electron chi connectivity index (χ0n) is 6.15. The molecule has 0 amide bonds. The lowest BCUT2D eigenvalue weighted by molar-refractivity contribution is -0.195. The molecule has 2 saturated heterocycles. The van der Waals surface area contributed by atoms with Crippen molar-refractivity contribution in [2.75, 3.05) is 26.3 Å². The lowest BCUT2D eigenvalue weighted by Crippen LogP contribution is -2.58. The highest BCUT2D eigenvalue weighted by atomic mass is 19.3. The van der Waals surface area contributed by atoms with Gasteiger partial charge in [-0.3, -0.25) is 0 Å². The fourth-order valence-corrected chi connectivity index (χ4v) is 1.73. The number of ether oxygens (including phenoxy) is 1. The lowest BCUT2D eigenvalue weighted by atomic mass is 9.85. The van der Waals surface area contributed by atoms with E-state index >= 15 is 0 Å². The third-order valence-corrected chi connectivity index (χ3v) is 2.51. The van der Waals surface area contributed by atoms with E-state index in [-0.39, 0.29) is 13.2 Å². The quantitative estimate of drug-likeness (QED) is 0.561. The topological polar surface area (TPSA) is 21.3 Å². The Morgan fingerprint density at radius 1 is 1.18 bits per heavy atom. The molecule has 2 atom stereocenters. The van der Waals surface area contributed by atoms with E-state index in [0.717, 1.165) is 0 Å². The van der Waals surface area contributed by atoms with Gasteiger partial charge in [0.25, 0.3) is 5.92 Å². The van der Waals surface area contributed by atoms with Gasteiger partial charge in [0, 0.05) is 13.1 Å². The van der Waals surface area contributed by atoms with Crippen LogP contribution in [0.4, 0.5) is 8.78 Å². The Morgan fingerprint density at radius 2 is 1.73 bits per heavy atom. The van der Waals surface area contributed by atoms with Crippen molar-refractivity contribution in [1.29, 1.82) is 0 Å². The summed E-state index contributed by atoms with van der Waals surface area (Å²) in [5.74, 6) is -3.70. The molecule has 2 nitrogen and oxygen atoms in total. The van der Waals surface area contributed by atoms with Crippen molar-refractivity contribution in [2.45, 2.75) is 5.92 Å². The van der Waals surface area contributed by atoms with Gasteiger partial charge in [-0.25, -0.2) is 8.78 Å². The van der Waals surface area contributed by atoms with Crippen molar-refractivity contribution >= 4 is 0 Å². The fourth-order valence-electron chi connectivity index (χ4n) is 1.73. The van der Waals surface area contributed by atoms with Gasteiger partial charge in [-0.2, -0.15) is 0 Å². The Morgan fingerprint density at radius 3 is 2.18 bits per heavy atom. The highest BCUT2D eigenvalue weighted by Crippen LogP contribution is 2.38. The van der Waals surface area contributed by atoms with Crippen molar-refractivity contribution in [3.63, 3.8) is 0 Å². The number of hydrogen-bond acceptors (Lipinski definition) is 2. The molecule has 4 heteroatoms. The molecule has 0 radical (unpaired) electrons. The summed E-state index contributed by atoms with van der Waals surface area (Å²) in [5, 5.41) is 2.98. The Labute approximate surface area is 63.9 Å². The van der Waals surface area contributed by atoms with Gasteiger partial charge in [-0.1, -0.05) is 0 Å². The molecule has 2 fully saturated rings. The minimum atomic E-state index is -2.50. The normalized spacial score (nSPS) is 42.0. The predicted molar refractivity (Wildman–Crippen MR) is 35.6 cm³/mol. The number of piperidine rings is 1. The van der Waals surface area contributed by atoms with Crippen LogP contribution in [0, 0.1) is 11.8 Å². The van der Waals surface area contributed by atoms with E-state index < -0.39 is 17.8 Å². The maximum absolute atomic E-state index is 13.2. The molecule has 0 aromatic rings. The monoisotopic (exact) mass is 163 g/mol. The average molecular weight is 163 g/mol. The standard InChI is InChI=1S/C7H11F2NO/c8-7(9)5-1-10-2-6(7)4-11-3-5/h5-6,10H,1-4H2. The van der Waals surface area contributed by atoms with E-state index in [1.165, 1.54) is 0 Å². The van der Waals surface area contributed by atoms with Crippen molar-refractivity contribution in [2.24, 2.45) is 11.8 Å². The summed E-state index contributed by atoms with van der Waals surface area (Å²) in [5.41, 5.74) is 0. The number of alkyl halides is 2. The highest BCUT2D eigenvalue weighted by molar-refractivity contribution is 4.93. The van der Waals surface area contributed by atoms with Crippen LogP contribution >= 0.6 is 0 Å². The van der Waals surface area contributed by atoms with Gasteiger partial charge in [0.2, 0.25) is 0 Å². The second-order valence-electron chi connectivity index (χ2n) is 3.26. The molecule has 11 heavy (non-hydrogen) atoms. The molecular formula is C7H11F2NO. The molecule has 2 rings (SSSR count). The van der Waals surface area contributed by atoms with Gasteiger partial charge in [-0.15, -0.1) is 0 Å². The SMILES string of the molecule is FC1(F)C2CNCC1COC2. The van der Waals surface area contributed by atoms with E-state index in [4.69, 9.17) is 4.74 Å². The van der Waals surface area contributed by atoms with Crippen LogP contribution in [-0.2, 0) is 4.74 Å². The molecule has 0 aromatic heterocycles. The van der Waals surface area contributed by atoms with Crippen LogP contribution in [0.2, 0.25) is 0 Å². The molecular weight excluding hydrogens is 152 g/mol. The van der Waals surface area contributed by atoms with Gasteiger partial charge in [-0.05, 0) is 0 Å². The molecule has 2 heterocycles. The van der Waals surface area contributed by atoms with Gasteiger partial charge in [0.05, 0.1) is 25.0 Å². The molecule has 2 aliphatic heterocycles. The van der Waals surface area contributed by atoms with E-state index in [1.807, 2.05) is 0 Å². The third kappa shape index (κ3) is 1.05. The van der Waals surface area contributed by atoms with Gasteiger partial charge in [0.1, 0.15) is 0 Å². The smallest absolute Gasteiger partial charge is 0.260 e. The van der Waals surface area contributed by atoms with Crippen LogP contribution in [0.15, 0.2) is 0 Å². The number of hydrogen-bond donors (Lipinski definition) is 1. The first kappa shape index (κ1) is 7.43. The summed E-state index contributed by atoms with van der Waals surface area (Å²) in [4.78, 5) is 0. The Kier molecular flexibility index (Phi) is 1.61. The second-order valence-corrected chi connectivity index (χ2v) is 3.26. The molecule has 0 aromatic carbocycles. The second kappa shape index (κ2) is 2.38. The number of rotatable bonds is 0. The molecule has 2 aliphatic rings. The third-order valence-electron chi connectivity index (χ3n) is 2.51. The maximum Gasteiger partial charge on any atom is 0.260 e. The summed E-state index contributed by atoms with van der Waals surface area (Å²) < 4.78 is 31.4. The van der Waals surface area contributed by atoms with E-state index in [0.29, 0.717) is 13.1 Å². The average Bonchev–Trinajstić information content (AvgIpc) is 1.82. The number of nitrogens with one attached hydrogen (secondary N) is 1. The zero-order valence-corrected chi connectivity index (χ0v) is 6.15. The first-order valence-corrected chi connectivity index (χ1v) is 3.87. The Hall–Kier alpha value is -0.220. The van der Waals surface area contributed by atoms with Crippen LogP contribution in [0.1, 0.15) is 0 Å². The molecule has 0 saturated carbocycles. The van der Waals surface area contributed by atoms with Gasteiger partial charge >= 0.3 is 0 Å². The van der Waals surface area contributed by atoms with Crippen molar-refractivity contribution in [3.8, 4) is 0 Å². The van der Waals surface area contributed by atoms with E-state index in [1.54, 1.807) is 0 Å². The van der Waals surface area contributed by atoms with Crippen LogP contribution in [0.5, 0.6) is 0 Å². The minimum absolute atomic E-state index is 0.205. The van der Waals surface area contributed by atoms with Crippen LogP contribution in [-0.4, -0.2) is 32.2 Å². The van der Waals surface area contributed by atoms with Crippen LogP contribution < -0.4 is 5.32 Å². The summed E-state index contributed by atoms with van der Waals surface area (Å²) in [7, 11) is 0. The molecule has 2 bridgehead atoms. The molecule has 0 spiro atoms. The van der Waals surface area contributed by atoms with Crippen LogP contribution in [0.25, 0.3) is 0 Å². The minimum Gasteiger partial charge on any atom is -0.380 e. The lowest BCUT2D eigenvalue weighted by Gasteiger charge is -2.42. The molecule has 64 valence electrons. The molecule has 0 aliphatic carbocycles. The Balaban J connectivity index is 2.17. The highest BCUT2D eigenvalue weighted by Gasteiger charge is 2.51. The van der Waals surface area contributed by atoms with Gasteiger partial charge in [0.15, 0.2) is 0 Å². The largest absolute Gasteiger partial charge is 0.380 e. The molecule has 2 unspecified atom stereocenters. The number of fused-ring (bicyclic) bond motifs is 2. The molecule has 1 N–H and O–H groups in total. The number of halogens is 2. The van der Waals surface area contributed by atoms with E-state index in [2.05, 4.69) is 5.32 Å². The predicted octanol–water partition coefficient (Wildman–Crippen LogP) is 0.487. The van der Waals surface area contributed by atoms with Crippen LogP contribution in [0.3, 0.4) is 0 Å². The first-order valence-electron chi connectivity index (χ1n) is 3.87. The fraction of sp³-hybridized carbons (Fsp3) is 1.00. The zero-order chi connectivity index (χ0) is 7.90. The summed E-state index contributed by atoms with van der Waals surface area (Å²) in [6.07, 6.45) is 0. The summed E-state index contributed by atoms with van der Waals surface area (Å²) >= 11 is 0. The van der Waals surface area contributed by atoms with Crippen molar-refractivity contribution < 1.29 is 13.5 Å². The Bertz CT molecular complexity index is 139.